The largest absolute Gasteiger partial charge is 0.383 e. The van der Waals surface area contributed by atoms with Crippen molar-refractivity contribution in [3.8, 4) is 0 Å². The molecule has 1 rings (SSSR count). The van der Waals surface area contributed by atoms with Gasteiger partial charge in [0.2, 0.25) is 0 Å². The molecule has 0 aliphatic carbocycles. The number of halogens is 1. The highest BCUT2D eigenvalue weighted by Gasteiger charge is 2.34. The number of hydrogen-bond acceptors (Lipinski definition) is 2. The van der Waals surface area contributed by atoms with Crippen LogP contribution in [0.5, 0.6) is 0 Å². The van der Waals surface area contributed by atoms with Crippen LogP contribution in [0.1, 0.15) is 33.1 Å². The van der Waals surface area contributed by atoms with Gasteiger partial charge in [0.25, 0.3) is 0 Å². The maximum Gasteiger partial charge on any atom is 0.0906 e. The molecule has 1 saturated heterocycles. The second-order valence-electron chi connectivity index (χ2n) is 4.78. The van der Waals surface area contributed by atoms with Crippen molar-refractivity contribution in [2.45, 2.75) is 45.2 Å². The van der Waals surface area contributed by atoms with Crippen LogP contribution in [0.4, 0.5) is 4.39 Å². The lowest BCUT2D eigenvalue weighted by Gasteiger charge is -2.31. The zero-order valence-corrected chi connectivity index (χ0v) is 10.2. The monoisotopic (exact) mass is 217 g/mol. The molecule has 0 spiro atoms. The number of alkyl halides is 1. The van der Waals surface area contributed by atoms with Gasteiger partial charge in [0.05, 0.1) is 13.3 Å². The van der Waals surface area contributed by atoms with E-state index in [1.165, 1.54) is 12.8 Å². The van der Waals surface area contributed by atoms with Crippen molar-refractivity contribution in [3.05, 3.63) is 0 Å². The Morgan fingerprint density at radius 3 is 2.67 bits per heavy atom. The normalized spacial score (nSPS) is 27.8. The van der Waals surface area contributed by atoms with Crippen molar-refractivity contribution in [2.24, 2.45) is 5.92 Å². The van der Waals surface area contributed by atoms with E-state index in [1.807, 2.05) is 0 Å². The molecule has 15 heavy (non-hydrogen) atoms. The molecule has 2 atom stereocenters. The molecule has 3 heteroatoms. The van der Waals surface area contributed by atoms with E-state index in [0.29, 0.717) is 24.4 Å². The van der Waals surface area contributed by atoms with Crippen LogP contribution in [-0.2, 0) is 4.74 Å². The SMILES string of the molecule is COCC1CCC(C(C)C)N1CCCF. The summed E-state index contributed by atoms with van der Waals surface area (Å²) in [4.78, 5) is 2.45. The summed E-state index contributed by atoms with van der Waals surface area (Å²) < 4.78 is 17.5. The average molecular weight is 217 g/mol. The predicted octanol–water partition coefficient (Wildman–Crippen LogP) is 2.48. The zero-order chi connectivity index (χ0) is 11.3. The molecule has 0 bridgehead atoms. The molecule has 1 aliphatic heterocycles. The lowest BCUT2D eigenvalue weighted by molar-refractivity contribution is 0.0821. The molecule has 0 aromatic carbocycles. The van der Waals surface area contributed by atoms with Gasteiger partial charge in [0.1, 0.15) is 0 Å². The van der Waals surface area contributed by atoms with E-state index < -0.39 is 0 Å². The van der Waals surface area contributed by atoms with Crippen LogP contribution in [0.3, 0.4) is 0 Å². The Bertz CT molecular complexity index is 175. The summed E-state index contributed by atoms with van der Waals surface area (Å²) in [6.07, 6.45) is 3.09. The summed E-state index contributed by atoms with van der Waals surface area (Å²) in [6, 6.07) is 1.13. The third kappa shape index (κ3) is 3.42. The minimum Gasteiger partial charge on any atom is -0.383 e. The molecule has 0 aromatic rings. The Balaban J connectivity index is 2.52. The van der Waals surface area contributed by atoms with Gasteiger partial charge in [-0.1, -0.05) is 13.8 Å². The highest BCUT2D eigenvalue weighted by atomic mass is 19.1. The third-order valence-corrected chi connectivity index (χ3v) is 3.37. The molecule has 90 valence electrons. The van der Waals surface area contributed by atoms with Crippen molar-refractivity contribution in [1.82, 2.24) is 4.90 Å². The van der Waals surface area contributed by atoms with Crippen LogP contribution < -0.4 is 0 Å². The van der Waals surface area contributed by atoms with E-state index in [9.17, 15) is 4.39 Å². The first-order valence-corrected chi connectivity index (χ1v) is 6.01. The van der Waals surface area contributed by atoms with Gasteiger partial charge in [-0.25, -0.2) is 0 Å². The topological polar surface area (TPSA) is 12.5 Å². The fraction of sp³-hybridized carbons (Fsp3) is 1.00. The quantitative estimate of drug-likeness (QED) is 0.677. The molecule has 0 radical (unpaired) electrons. The lowest BCUT2D eigenvalue weighted by atomic mass is 10.0. The molecule has 2 unspecified atom stereocenters. The van der Waals surface area contributed by atoms with Gasteiger partial charge < -0.3 is 4.74 Å². The van der Waals surface area contributed by atoms with Crippen LogP contribution in [0.25, 0.3) is 0 Å². The Labute approximate surface area is 92.8 Å². The summed E-state index contributed by atoms with van der Waals surface area (Å²) in [5.74, 6) is 0.659. The van der Waals surface area contributed by atoms with E-state index in [2.05, 4.69) is 18.7 Å². The Kier molecular flexibility index (Phi) is 5.54. The average Bonchev–Trinajstić information content (AvgIpc) is 2.59. The minimum absolute atomic E-state index is 0.207. The molecule has 0 saturated carbocycles. The minimum atomic E-state index is -0.207. The Morgan fingerprint density at radius 1 is 1.40 bits per heavy atom. The van der Waals surface area contributed by atoms with Crippen LogP contribution in [-0.4, -0.2) is 43.9 Å². The Hall–Kier alpha value is -0.150. The summed E-state index contributed by atoms with van der Waals surface area (Å²) in [5.41, 5.74) is 0. The van der Waals surface area contributed by atoms with Crippen molar-refractivity contribution < 1.29 is 9.13 Å². The summed E-state index contributed by atoms with van der Waals surface area (Å²) in [5, 5.41) is 0. The maximum absolute atomic E-state index is 12.2. The van der Waals surface area contributed by atoms with E-state index in [4.69, 9.17) is 4.74 Å². The number of likely N-dealkylation sites (tertiary alicyclic amines) is 1. The van der Waals surface area contributed by atoms with Crippen LogP contribution in [0.15, 0.2) is 0 Å². The number of nitrogens with zero attached hydrogens (tertiary/aromatic N) is 1. The predicted molar refractivity (Wildman–Crippen MR) is 60.8 cm³/mol. The van der Waals surface area contributed by atoms with Crippen molar-refractivity contribution >= 4 is 0 Å². The summed E-state index contributed by atoms with van der Waals surface area (Å²) in [6.45, 7) is 5.97. The molecule has 0 aromatic heterocycles. The van der Waals surface area contributed by atoms with E-state index >= 15 is 0 Å². The van der Waals surface area contributed by atoms with Gasteiger partial charge in [0, 0.05) is 25.7 Å². The Morgan fingerprint density at radius 2 is 2.13 bits per heavy atom. The van der Waals surface area contributed by atoms with Crippen LogP contribution in [0, 0.1) is 5.92 Å². The fourth-order valence-corrected chi connectivity index (χ4v) is 2.64. The standard InChI is InChI=1S/C12H24FNO/c1-10(2)12-6-5-11(9-15-3)14(12)8-4-7-13/h10-12H,4-9H2,1-3H3. The number of ether oxygens (including phenoxy) is 1. The first-order chi connectivity index (χ1) is 7.20. The summed E-state index contributed by atoms with van der Waals surface area (Å²) >= 11 is 0. The first kappa shape index (κ1) is 12.9. The molecule has 0 N–H and O–H groups in total. The summed E-state index contributed by atoms with van der Waals surface area (Å²) in [7, 11) is 1.75. The van der Waals surface area contributed by atoms with Gasteiger partial charge in [0.15, 0.2) is 0 Å². The highest BCUT2D eigenvalue weighted by Crippen LogP contribution is 2.29. The molecular formula is C12H24FNO. The van der Waals surface area contributed by atoms with Gasteiger partial charge >= 0.3 is 0 Å². The number of hydrogen-bond donors (Lipinski definition) is 0. The number of methoxy groups -OCH3 is 1. The molecule has 2 nitrogen and oxygen atoms in total. The third-order valence-electron chi connectivity index (χ3n) is 3.37. The van der Waals surface area contributed by atoms with E-state index in [-0.39, 0.29) is 6.67 Å². The van der Waals surface area contributed by atoms with Crippen LogP contribution in [0.2, 0.25) is 0 Å². The lowest BCUT2D eigenvalue weighted by Crippen LogP contribution is -2.41. The molecule has 0 amide bonds. The van der Waals surface area contributed by atoms with Gasteiger partial charge in [-0.05, 0) is 25.2 Å². The van der Waals surface area contributed by atoms with Gasteiger partial charge in [-0.3, -0.25) is 9.29 Å². The maximum atomic E-state index is 12.2. The van der Waals surface area contributed by atoms with Crippen LogP contribution >= 0.6 is 0 Å². The highest BCUT2D eigenvalue weighted by molar-refractivity contribution is 4.88. The second kappa shape index (κ2) is 6.44. The van der Waals surface area contributed by atoms with Crippen molar-refractivity contribution in [3.63, 3.8) is 0 Å². The van der Waals surface area contributed by atoms with Gasteiger partial charge in [-0.2, -0.15) is 0 Å². The molecular weight excluding hydrogens is 193 g/mol. The van der Waals surface area contributed by atoms with Gasteiger partial charge in [-0.15, -0.1) is 0 Å². The molecule has 1 fully saturated rings. The van der Waals surface area contributed by atoms with E-state index in [0.717, 1.165) is 13.2 Å². The molecule has 1 aliphatic rings. The van der Waals surface area contributed by atoms with Crippen molar-refractivity contribution in [1.29, 1.82) is 0 Å². The zero-order valence-electron chi connectivity index (χ0n) is 10.2. The van der Waals surface area contributed by atoms with E-state index in [1.54, 1.807) is 7.11 Å². The smallest absolute Gasteiger partial charge is 0.0906 e. The fourth-order valence-electron chi connectivity index (χ4n) is 2.64. The first-order valence-electron chi connectivity index (χ1n) is 6.01. The van der Waals surface area contributed by atoms with Crippen molar-refractivity contribution in [2.75, 3.05) is 26.9 Å². The molecule has 1 heterocycles. The number of rotatable bonds is 6. The second-order valence-corrected chi connectivity index (χ2v) is 4.78.